The highest BCUT2D eigenvalue weighted by molar-refractivity contribution is 5.73. The second-order valence-electron chi connectivity index (χ2n) is 2.84. The molecule has 0 saturated carbocycles. The van der Waals surface area contributed by atoms with Gasteiger partial charge in [0, 0.05) is 0 Å². The van der Waals surface area contributed by atoms with Gasteiger partial charge >= 0.3 is 5.97 Å². The molecule has 0 radical (unpaired) electrons. The summed E-state index contributed by atoms with van der Waals surface area (Å²) in [7, 11) is 0. The van der Waals surface area contributed by atoms with Crippen LogP contribution in [0.25, 0.3) is 0 Å². The van der Waals surface area contributed by atoms with Crippen molar-refractivity contribution in [1.29, 1.82) is 0 Å². The third-order valence-corrected chi connectivity index (χ3v) is 1.60. The number of carboxylic acids is 1. The Morgan fingerprint density at radius 2 is 2.15 bits per heavy atom. The lowest BCUT2D eigenvalue weighted by Crippen LogP contribution is -2.38. The van der Waals surface area contributed by atoms with Crippen molar-refractivity contribution in [2.75, 3.05) is 6.54 Å². The van der Waals surface area contributed by atoms with Crippen molar-refractivity contribution < 1.29 is 9.90 Å². The standard InChI is InChI=1S/C8H17N3O2/c1-6(10)11-7(8(12)13)4-2-3-5-9/h7,11H,1-5,9-10H2,(H,12,13). The van der Waals surface area contributed by atoms with Gasteiger partial charge in [-0.05, 0) is 25.8 Å². The first-order valence-corrected chi connectivity index (χ1v) is 4.21. The van der Waals surface area contributed by atoms with Gasteiger partial charge < -0.3 is 21.9 Å². The second-order valence-corrected chi connectivity index (χ2v) is 2.84. The molecule has 0 aliphatic rings. The van der Waals surface area contributed by atoms with Crippen LogP contribution in [-0.4, -0.2) is 23.7 Å². The number of nitrogens with one attached hydrogen (secondary N) is 1. The highest BCUT2D eigenvalue weighted by Gasteiger charge is 2.15. The minimum Gasteiger partial charge on any atom is -0.480 e. The van der Waals surface area contributed by atoms with Crippen molar-refractivity contribution in [1.82, 2.24) is 5.32 Å². The Bertz CT molecular complexity index is 182. The molecule has 0 aromatic carbocycles. The molecule has 0 heterocycles. The van der Waals surface area contributed by atoms with Crippen LogP contribution in [0.5, 0.6) is 0 Å². The van der Waals surface area contributed by atoms with Crippen molar-refractivity contribution >= 4 is 5.97 Å². The molecule has 0 spiro atoms. The first-order valence-electron chi connectivity index (χ1n) is 4.21. The summed E-state index contributed by atoms with van der Waals surface area (Å²) in [5.41, 5.74) is 10.5. The van der Waals surface area contributed by atoms with Gasteiger partial charge in [0.05, 0.1) is 5.82 Å². The third kappa shape index (κ3) is 5.98. The largest absolute Gasteiger partial charge is 0.480 e. The number of carboxylic acid groups (broad SMARTS) is 1. The summed E-state index contributed by atoms with van der Waals surface area (Å²) in [6.45, 7) is 3.96. The SMILES string of the molecule is C=C(N)NC(CCCCN)C(=O)O. The Hall–Kier alpha value is -1.23. The van der Waals surface area contributed by atoms with Gasteiger partial charge in [-0.1, -0.05) is 6.58 Å². The first kappa shape index (κ1) is 11.8. The summed E-state index contributed by atoms with van der Waals surface area (Å²) < 4.78 is 0. The van der Waals surface area contributed by atoms with Gasteiger partial charge in [0.15, 0.2) is 0 Å². The van der Waals surface area contributed by atoms with E-state index in [1.165, 1.54) is 0 Å². The molecule has 0 aromatic heterocycles. The van der Waals surface area contributed by atoms with E-state index in [0.717, 1.165) is 12.8 Å². The molecule has 0 rings (SSSR count). The zero-order valence-electron chi connectivity index (χ0n) is 7.62. The van der Waals surface area contributed by atoms with Crippen molar-refractivity contribution in [2.24, 2.45) is 11.5 Å². The van der Waals surface area contributed by atoms with E-state index in [-0.39, 0.29) is 5.82 Å². The van der Waals surface area contributed by atoms with Crippen LogP contribution in [0.1, 0.15) is 19.3 Å². The number of rotatable bonds is 7. The quantitative estimate of drug-likeness (QED) is 0.406. The number of unbranched alkanes of at least 4 members (excludes halogenated alkanes) is 1. The molecule has 5 heteroatoms. The van der Waals surface area contributed by atoms with Crippen LogP contribution < -0.4 is 16.8 Å². The topological polar surface area (TPSA) is 101 Å². The van der Waals surface area contributed by atoms with Crippen molar-refractivity contribution in [3.8, 4) is 0 Å². The maximum atomic E-state index is 10.6. The minimum absolute atomic E-state index is 0.181. The number of hydrogen-bond donors (Lipinski definition) is 4. The Labute approximate surface area is 77.8 Å². The predicted molar refractivity (Wildman–Crippen MR) is 50.8 cm³/mol. The van der Waals surface area contributed by atoms with Gasteiger partial charge in [0.25, 0.3) is 0 Å². The van der Waals surface area contributed by atoms with E-state index >= 15 is 0 Å². The van der Waals surface area contributed by atoms with Crippen molar-refractivity contribution in [2.45, 2.75) is 25.3 Å². The average Bonchev–Trinajstić information content (AvgIpc) is 2.02. The normalized spacial score (nSPS) is 12.1. The van der Waals surface area contributed by atoms with E-state index in [2.05, 4.69) is 11.9 Å². The summed E-state index contributed by atoms with van der Waals surface area (Å²) in [5.74, 6) is -0.733. The molecule has 0 fully saturated rings. The van der Waals surface area contributed by atoms with Crippen LogP contribution in [-0.2, 0) is 4.79 Å². The molecule has 6 N–H and O–H groups in total. The third-order valence-electron chi connectivity index (χ3n) is 1.60. The molecule has 0 bridgehead atoms. The molecule has 1 atom stereocenters. The molecule has 0 aliphatic carbocycles. The van der Waals surface area contributed by atoms with Gasteiger partial charge in [-0.15, -0.1) is 0 Å². The fourth-order valence-electron chi connectivity index (χ4n) is 0.974. The molecule has 0 aromatic rings. The Kier molecular flexibility index (Phi) is 5.71. The minimum atomic E-state index is -0.913. The summed E-state index contributed by atoms with van der Waals surface area (Å²) in [6.07, 6.45) is 2.11. The van der Waals surface area contributed by atoms with E-state index in [0.29, 0.717) is 13.0 Å². The van der Waals surface area contributed by atoms with E-state index in [1.54, 1.807) is 0 Å². The molecule has 76 valence electrons. The molecule has 0 amide bonds. The Morgan fingerprint density at radius 3 is 2.54 bits per heavy atom. The lowest BCUT2D eigenvalue weighted by atomic mass is 10.1. The highest BCUT2D eigenvalue weighted by Crippen LogP contribution is 2.01. The van der Waals surface area contributed by atoms with Crippen LogP contribution in [0.2, 0.25) is 0 Å². The molecular formula is C8H17N3O2. The van der Waals surface area contributed by atoms with Gasteiger partial charge in [0.2, 0.25) is 0 Å². The lowest BCUT2D eigenvalue weighted by Gasteiger charge is -2.14. The van der Waals surface area contributed by atoms with Crippen LogP contribution in [0, 0.1) is 0 Å². The van der Waals surface area contributed by atoms with Crippen molar-refractivity contribution in [3.05, 3.63) is 12.4 Å². The number of nitrogens with two attached hydrogens (primary N) is 2. The summed E-state index contributed by atoms with van der Waals surface area (Å²) in [5, 5.41) is 11.3. The summed E-state index contributed by atoms with van der Waals surface area (Å²) >= 11 is 0. The fraction of sp³-hybridized carbons (Fsp3) is 0.625. The molecule has 0 aliphatic heterocycles. The molecule has 5 nitrogen and oxygen atoms in total. The van der Waals surface area contributed by atoms with E-state index < -0.39 is 12.0 Å². The van der Waals surface area contributed by atoms with E-state index in [9.17, 15) is 4.79 Å². The summed E-state index contributed by atoms with van der Waals surface area (Å²) in [4.78, 5) is 10.6. The van der Waals surface area contributed by atoms with E-state index in [1.807, 2.05) is 0 Å². The Morgan fingerprint density at radius 1 is 1.54 bits per heavy atom. The van der Waals surface area contributed by atoms with Gasteiger partial charge in [0.1, 0.15) is 6.04 Å². The smallest absolute Gasteiger partial charge is 0.326 e. The monoisotopic (exact) mass is 187 g/mol. The maximum Gasteiger partial charge on any atom is 0.326 e. The fourth-order valence-corrected chi connectivity index (χ4v) is 0.974. The van der Waals surface area contributed by atoms with Crippen LogP contribution in [0.15, 0.2) is 12.4 Å². The van der Waals surface area contributed by atoms with Gasteiger partial charge in [-0.3, -0.25) is 0 Å². The predicted octanol–water partition coefficient (Wildman–Crippen LogP) is -0.412. The maximum absolute atomic E-state index is 10.6. The molecule has 13 heavy (non-hydrogen) atoms. The molecule has 0 saturated heterocycles. The van der Waals surface area contributed by atoms with Crippen LogP contribution >= 0.6 is 0 Å². The number of aliphatic carboxylic acids is 1. The van der Waals surface area contributed by atoms with E-state index in [4.69, 9.17) is 16.6 Å². The lowest BCUT2D eigenvalue weighted by molar-refractivity contribution is -0.139. The van der Waals surface area contributed by atoms with Crippen molar-refractivity contribution in [3.63, 3.8) is 0 Å². The van der Waals surface area contributed by atoms with Crippen LogP contribution in [0.3, 0.4) is 0 Å². The zero-order chi connectivity index (χ0) is 10.3. The zero-order valence-corrected chi connectivity index (χ0v) is 7.62. The molecular weight excluding hydrogens is 170 g/mol. The average molecular weight is 187 g/mol. The van der Waals surface area contributed by atoms with Crippen LogP contribution in [0.4, 0.5) is 0 Å². The number of carbonyl (C=O) groups is 1. The Balaban J connectivity index is 3.81. The second kappa shape index (κ2) is 6.30. The highest BCUT2D eigenvalue weighted by atomic mass is 16.4. The first-order chi connectivity index (χ1) is 6.07. The van der Waals surface area contributed by atoms with Gasteiger partial charge in [-0.2, -0.15) is 0 Å². The van der Waals surface area contributed by atoms with Gasteiger partial charge in [-0.25, -0.2) is 4.79 Å². The number of hydrogen-bond acceptors (Lipinski definition) is 4. The summed E-state index contributed by atoms with van der Waals surface area (Å²) in [6, 6.07) is -0.649. The molecule has 1 unspecified atom stereocenters.